The van der Waals surface area contributed by atoms with Crippen LogP contribution in [0.1, 0.15) is 45.4 Å². The lowest BCUT2D eigenvalue weighted by atomic mass is 9.86. The highest BCUT2D eigenvalue weighted by Crippen LogP contribution is 2.46. The van der Waals surface area contributed by atoms with Crippen LogP contribution >= 0.6 is 101 Å². The molecule has 0 aliphatic carbocycles. The van der Waals surface area contributed by atoms with Crippen molar-refractivity contribution in [1.29, 1.82) is 0 Å². The Labute approximate surface area is 184 Å². The van der Waals surface area contributed by atoms with Gasteiger partial charge in [-0.25, -0.2) is 0 Å². The van der Waals surface area contributed by atoms with Crippen molar-refractivity contribution < 1.29 is 14.3 Å². The van der Waals surface area contributed by atoms with Crippen LogP contribution < -0.4 is 0 Å². The van der Waals surface area contributed by atoms with Crippen molar-refractivity contribution >= 4 is 101 Å². The Morgan fingerprint density at radius 3 is 1.46 bits per heavy atom. The maximum Gasteiger partial charge on any atom is 0.327 e. The summed E-state index contributed by atoms with van der Waals surface area (Å²) in [7, 11) is -2.64. The molecule has 24 heavy (non-hydrogen) atoms. The van der Waals surface area contributed by atoms with Gasteiger partial charge in [0.25, 0.3) is 0 Å². The third-order valence-electron chi connectivity index (χ3n) is 3.07. The van der Waals surface area contributed by atoms with Crippen LogP contribution in [0.2, 0.25) is 0 Å². The molecule has 0 saturated carbocycles. The summed E-state index contributed by atoms with van der Waals surface area (Å²) in [4.78, 5) is 18.7. The first-order valence-electron chi connectivity index (χ1n) is 6.96. The Balaban J connectivity index is 5.23. The predicted molar refractivity (Wildman–Crippen MR) is 108 cm³/mol. The van der Waals surface area contributed by atoms with Gasteiger partial charge in [-0.3, -0.25) is 0 Å². The zero-order valence-corrected chi connectivity index (χ0v) is 19.6. The van der Waals surface area contributed by atoms with E-state index in [1.807, 2.05) is 6.92 Å². The molecule has 0 spiro atoms. The molecule has 3 nitrogen and oxygen atoms in total. The van der Waals surface area contributed by atoms with Gasteiger partial charge in [-0.1, -0.05) is 83.0 Å². The van der Waals surface area contributed by atoms with Gasteiger partial charge in [0, 0.05) is 23.6 Å². The Hall–Kier alpha value is 2.63. The van der Waals surface area contributed by atoms with Crippen LogP contribution in [-0.2, 0) is 4.52 Å². The monoisotopic (exact) mass is 522 g/mol. The van der Waals surface area contributed by atoms with E-state index < -0.39 is 32.5 Å². The summed E-state index contributed by atoms with van der Waals surface area (Å²) in [5.41, 5.74) is -1.03. The second-order valence-corrected chi connectivity index (χ2v) is 12.5. The molecule has 12 heteroatoms. The van der Waals surface area contributed by atoms with Gasteiger partial charge >= 0.3 is 8.60 Å². The minimum atomic E-state index is -2.64. The van der Waals surface area contributed by atoms with Gasteiger partial charge in [0.2, 0.25) is 0 Å². The summed E-state index contributed by atoms with van der Waals surface area (Å²) >= 11 is 47.1. The molecule has 0 aliphatic heterocycles. The molecule has 2 unspecified atom stereocenters. The number of rotatable bonds is 10. The molecule has 0 radical (unpaired) electrons. The van der Waals surface area contributed by atoms with E-state index in [1.54, 1.807) is 0 Å². The van der Waals surface area contributed by atoms with E-state index in [-0.39, 0.29) is 25.7 Å². The lowest BCUT2D eigenvalue weighted by Crippen LogP contribution is -2.38. The van der Waals surface area contributed by atoms with E-state index in [9.17, 15) is 9.79 Å². The van der Waals surface area contributed by atoms with Gasteiger partial charge in [0.1, 0.15) is 0 Å². The van der Waals surface area contributed by atoms with Gasteiger partial charge in [0.05, 0.1) is 5.60 Å². The van der Waals surface area contributed by atoms with Gasteiger partial charge in [-0.05, 0) is 19.3 Å². The maximum absolute atomic E-state index is 9.36. The van der Waals surface area contributed by atoms with Crippen LogP contribution in [0.5, 0.6) is 0 Å². The first-order valence-corrected chi connectivity index (χ1v) is 11.3. The van der Waals surface area contributed by atoms with E-state index in [0.29, 0.717) is 12.8 Å². The van der Waals surface area contributed by atoms with Crippen LogP contribution in [0.25, 0.3) is 0 Å². The van der Waals surface area contributed by atoms with Gasteiger partial charge in [0.15, 0.2) is 7.59 Å². The van der Waals surface area contributed by atoms with Crippen molar-refractivity contribution in [3.05, 3.63) is 0 Å². The highest BCUT2D eigenvalue weighted by molar-refractivity contribution is 7.39. The molecule has 2 atom stereocenters. The number of hydrogen-bond donors (Lipinski definition) is 2. The molecule has 0 aromatic heterocycles. The summed E-state index contributed by atoms with van der Waals surface area (Å²) in [6.45, 7) is 1.91. The van der Waals surface area contributed by atoms with Crippen molar-refractivity contribution in [3.8, 4) is 0 Å². The minimum absolute atomic E-state index is 0.0558. The SMILES string of the molecule is CCCC(CC(Cl)CC(Cl)(Cl)Cl)(CC(Cl)CC(Cl)(Cl)Cl)OP(O)O. The van der Waals surface area contributed by atoms with Crippen LogP contribution in [0.15, 0.2) is 0 Å². The van der Waals surface area contributed by atoms with Crippen molar-refractivity contribution in [1.82, 2.24) is 0 Å². The smallest absolute Gasteiger partial charge is 0.327 e. The summed E-state index contributed by atoms with van der Waals surface area (Å²) < 4.78 is 2.32. The zero-order chi connectivity index (χ0) is 19.2. The topological polar surface area (TPSA) is 49.7 Å². The van der Waals surface area contributed by atoms with Crippen molar-refractivity contribution in [2.75, 3.05) is 0 Å². The predicted octanol–water partition coefficient (Wildman–Crippen LogP) is 7.27. The largest absolute Gasteiger partial charge is 0.328 e. The van der Waals surface area contributed by atoms with Crippen molar-refractivity contribution in [3.63, 3.8) is 0 Å². The first-order chi connectivity index (χ1) is 10.7. The molecule has 2 N–H and O–H groups in total. The van der Waals surface area contributed by atoms with E-state index in [4.69, 9.17) is 97.3 Å². The number of hydrogen-bond acceptors (Lipinski definition) is 3. The molecule has 0 fully saturated rings. The summed E-state index contributed by atoms with van der Waals surface area (Å²) in [6.07, 6.45) is 1.64. The molecule has 0 rings (SSSR count). The average Bonchev–Trinajstić information content (AvgIpc) is 2.20. The highest BCUT2D eigenvalue weighted by Gasteiger charge is 2.40. The second kappa shape index (κ2) is 11.6. The molecular weight excluding hydrogens is 507 g/mol. The number of halogens is 8. The lowest BCUT2D eigenvalue weighted by Gasteiger charge is -2.37. The third kappa shape index (κ3) is 13.7. The fourth-order valence-electron chi connectivity index (χ4n) is 2.49. The zero-order valence-electron chi connectivity index (χ0n) is 12.7. The van der Waals surface area contributed by atoms with Crippen molar-refractivity contribution in [2.24, 2.45) is 0 Å². The molecule has 0 heterocycles. The van der Waals surface area contributed by atoms with E-state index in [1.165, 1.54) is 0 Å². The summed E-state index contributed by atoms with van der Waals surface area (Å²) in [6, 6.07) is 0. The fourth-order valence-corrected chi connectivity index (χ4v) is 5.69. The van der Waals surface area contributed by atoms with Crippen LogP contribution in [0, 0.1) is 0 Å². The molecule has 0 amide bonds. The van der Waals surface area contributed by atoms with Gasteiger partial charge in [-0.15, -0.1) is 23.2 Å². The lowest BCUT2D eigenvalue weighted by molar-refractivity contribution is 0.0261. The molecule has 146 valence electrons. The van der Waals surface area contributed by atoms with E-state index in [2.05, 4.69) is 0 Å². The Morgan fingerprint density at radius 1 is 0.833 bits per heavy atom. The molecule has 0 saturated heterocycles. The van der Waals surface area contributed by atoms with E-state index in [0.717, 1.165) is 0 Å². The molecule has 0 aliphatic rings. The second-order valence-electron chi connectivity index (χ2n) is 5.52. The number of alkyl halides is 8. The standard InChI is InChI=1S/C12H19Cl8O3P/c1-2-3-10(23-24(21)22,4-8(13)6-11(15,16)17)5-9(14)7-12(18,19)20/h8-9,21-22H,2-7H2,1H3. The molecular formula is C12H19Cl8O3P. The minimum Gasteiger partial charge on any atom is -0.328 e. The quantitative estimate of drug-likeness (QED) is 0.233. The Bertz CT molecular complexity index is 337. The Kier molecular flexibility index (Phi) is 12.9. The molecule has 0 aromatic rings. The highest BCUT2D eigenvalue weighted by atomic mass is 35.6. The van der Waals surface area contributed by atoms with Crippen LogP contribution in [0.3, 0.4) is 0 Å². The average molecular weight is 526 g/mol. The van der Waals surface area contributed by atoms with Crippen molar-refractivity contribution in [2.45, 2.75) is 69.4 Å². The maximum atomic E-state index is 9.36. The van der Waals surface area contributed by atoms with Crippen LogP contribution in [0.4, 0.5) is 0 Å². The summed E-state index contributed by atoms with van der Waals surface area (Å²) in [5.74, 6) is 0. The summed E-state index contributed by atoms with van der Waals surface area (Å²) in [5, 5.41) is -1.17. The van der Waals surface area contributed by atoms with E-state index >= 15 is 0 Å². The van der Waals surface area contributed by atoms with Crippen LogP contribution in [-0.4, -0.2) is 33.7 Å². The Morgan fingerprint density at radius 2 is 1.21 bits per heavy atom. The fraction of sp³-hybridized carbons (Fsp3) is 1.00. The van der Waals surface area contributed by atoms with Gasteiger partial charge in [-0.2, -0.15) is 0 Å². The normalized spacial score (nSPS) is 18.5. The first kappa shape index (κ1) is 26.6. The molecule has 0 aromatic carbocycles. The van der Waals surface area contributed by atoms with Gasteiger partial charge < -0.3 is 14.3 Å². The third-order valence-corrected chi connectivity index (χ3v) is 5.17. The molecule has 0 bridgehead atoms.